The molecule has 1 fully saturated rings. The minimum Gasteiger partial charge on any atom is -0.378 e. The van der Waals surface area contributed by atoms with Crippen molar-refractivity contribution < 1.29 is 22.7 Å². The Balaban J connectivity index is 1.59. The van der Waals surface area contributed by atoms with Crippen molar-refractivity contribution in [3.8, 4) is 0 Å². The average Bonchev–Trinajstić information content (AvgIpc) is 2.95. The van der Waals surface area contributed by atoms with Crippen molar-refractivity contribution in [2.45, 2.75) is 31.7 Å². The molecule has 1 N–H and O–H groups in total. The van der Waals surface area contributed by atoms with Gasteiger partial charge in [-0.05, 0) is 31.5 Å². The summed E-state index contributed by atoms with van der Waals surface area (Å²) < 4.78 is 46.3. The molecule has 3 heterocycles. The molecular weight excluding hydrogens is 421 g/mol. The topological polar surface area (TPSA) is 67.4 Å². The monoisotopic (exact) mass is 442 g/mol. The predicted molar refractivity (Wildman–Crippen MR) is 114 cm³/mol. The third-order valence-electron chi connectivity index (χ3n) is 6.48. The Morgan fingerprint density at radius 1 is 1.16 bits per heavy atom. The molecule has 0 radical (unpaired) electrons. The summed E-state index contributed by atoms with van der Waals surface area (Å²) in [5.41, 5.74) is 1.16. The van der Waals surface area contributed by atoms with E-state index in [0.717, 1.165) is 22.7 Å². The zero-order valence-corrected chi connectivity index (χ0v) is 17.7. The van der Waals surface area contributed by atoms with Gasteiger partial charge in [-0.3, -0.25) is 4.79 Å². The first kappa shape index (κ1) is 20.7. The van der Waals surface area contributed by atoms with E-state index in [1.807, 2.05) is 19.1 Å². The van der Waals surface area contributed by atoms with Crippen molar-refractivity contribution in [2.24, 2.45) is 0 Å². The number of benzene rings is 2. The number of fused-ring (bicyclic) bond motifs is 3. The van der Waals surface area contributed by atoms with E-state index in [1.165, 1.54) is 12.1 Å². The molecule has 0 saturated carbocycles. The normalized spacial score (nSPS) is 17.7. The molecule has 5 rings (SSSR count). The van der Waals surface area contributed by atoms with Crippen LogP contribution in [0.5, 0.6) is 0 Å². The SMILES string of the molecule is Cc1nnc(NC(C)c2cccc(C(F)F)c2F)c2cc3c(cc12)C1(COC1)C(=O)N3C. The van der Waals surface area contributed by atoms with Gasteiger partial charge in [-0.25, -0.2) is 13.2 Å². The fourth-order valence-electron chi connectivity index (χ4n) is 4.57. The lowest BCUT2D eigenvalue weighted by atomic mass is 9.79. The minimum absolute atomic E-state index is 0.0126. The van der Waals surface area contributed by atoms with Gasteiger partial charge in [0.25, 0.3) is 6.43 Å². The van der Waals surface area contributed by atoms with Gasteiger partial charge in [0.2, 0.25) is 5.91 Å². The Kier molecular flexibility index (Phi) is 4.63. The Morgan fingerprint density at radius 3 is 2.53 bits per heavy atom. The standard InChI is InChI=1S/C23H21F3N4O2/c1-11(13-5-4-6-14(19(13)24)20(25)26)27-21-16-8-18-17(7-15(16)12(2)28-29-21)23(9-32-10-23)22(31)30(18)3/h4-8,11,20H,9-10H2,1-3H3,(H,27,29). The van der Waals surface area contributed by atoms with Crippen LogP contribution in [0.25, 0.3) is 10.8 Å². The summed E-state index contributed by atoms with van der Waals surface area (Å²) in [6.07, 6.45) is -2.90. The van der Waals surface area contributed by atoms with E-state index in [-0.39, 0.29) is 11.5 Å². The third kappa shape index (κ3) is 2.80. The number of ether oxygens (including phenoxy) is 1. The first-order valence-corrected chi connectivity index (χ1v) is 10.2. The van der Waals surface area contributed by atoms with Gasteiger partial charge in [-0.1, -0.05) is 18.2 Å². The summed E-state index contributed by atoms with van der Waals surface area (Å²) >= 11 is 0. The highest BCUT2D eigenvalue weighted by Crippen LogP contribution is 2.48. The molecule has 0 bridgehead atoms. The van der Waals surface area contributed by atoms with Crippen LogP contribution in [-0.4, -0.2) is 36.4 Å². The molecule has 1 aromatic heterocycles. The van der Waals surface area contributed by atoms with Crippen LogP contribution in [-0.2, 0) is 14.9 Å². The summed E-state index contributed by atoms with van der Waals surface area (Å²) in [6, 6.07) is 7.13. The summed E-state index contributed by atoms with van der Waals surface area (Å²) in [6.45, 7) is 4.18. The number of aromatic nitrogens is 2. The highest BCUT2D eigenvalue weighted by atomic mass is 19.3. The van der Waals surface area contributed by atoms with Crippen LogP contribution in [0.2, 0.25) is 0 Å². The molecule has 32 heavy (non-hydrogen) atoms. The molecule has 166 valence electrons. The predicted octanol–water partition coefficient (Wildman–Crippen LogP) is 4.43. The lowest BCUT2D eigenvalue weighted by molar-refractivity contribution is -0.140. The number of anilines is 2. The first-order chi connectivity index (χ1) is 15.2. The summed E-state index contributed by atoms with van der Waals surface area (Å²) in [7, 11) is 1.72. The van der Waals surface area contributed by atoms with Crippen LogP contribution in [0.1, 0.15) is 41.8 Å². The lowest BCUT2D eigenvalue weighted by Gasteiger charge is -2.36. The van der Waals surface area contributed by atoms with E-state index in [2.05, 4.69) is 15.5 Å². The molecule has 2 aromatic carbocycles. The van der Waals surface area contributed by atoms with E-state index in [1.54, 1.807) is 18.9 Å². The molecule has 1 unspecified atom stereocenters. The Labute approximate surface area is 182 Å². The average molecular weight is 442 g/mol. The Bertz CT molecular complexity index is 1260. The number of carbonyl (C=O) groups is 1. The number of aryl methyl sites for hydroxylation is 1. The highest BCUT2D eigenvalue weighted by Gasteiger charge is 2.55. The second kappa shape index (κ2) is 7.16. The smallest absolute Gasteiger partial charge is 0.266 e. The van der Waals surface area contributed by atoms with Gasteiger partial charge in [0.15, 0.2) is 5.82 Å². The van der Waals surface area contributed by atoms with Crippen molar-refractivity contribution in [1.82, 2.24) is 10.2 Å². The van der Waals surface area contributed by atoms with Crippen LogP contribution in [0, 0.1) is 12.7 Å². The summed E-state index contributed by atoms with van der Waals surface area (Å²) in [4.78, 5) is 14.5. The van der Waals surface area contributed by atoms with Crippen LogP contribution in [0.3, 0.4) is 0 Å². The van der Waals surface area contributed by atoms with Crippen LogP contribution < -0.4 is 10.2 Å². The number of hydrogen-bond acceptors (Lipinski definition) is 5. The number of nitrogens with one attached hydrogen (secondary N) is 1. The number of rotatable bonds is 4. The number of amides is 1. The number of hydrogen-bond donors (Lipinski definition) is 1. The van der Waals surface area contributed by atoms with Crippen LogP contribution in [0.15, 0.2) is 30.3 Å². The fourth-order valence-corrected chi connectivity index (χ4v) is 4.57. The number of likely N-dealkylation sites (N-methyl/N-ethyl adjacent to an activating group) is 1. The van der Waals surface area contributed by atoms with Crippen molar-refractivity contribution in [1.29, 1.82) is 0 Å². The second-order valence-electron chi connectivity index (χ2n) is 8.41. The van der Waals surface area contributed by atoms with E-state index >= 15 is 0 Å². The fraction of sp³-hybridized carbons (Fsp3) is 0.348. The maximum absolute atomic E-state index is 14.6. The molecule has 1 amide bonds. The number of nitrogens with zero attached hydrogens (tertiary/aromatic N) is 3. The molecule has 1 atom stereocenters. The van der Waals surface area contributed by atoms with E-state index in [0.29, 0.717) is 30.1 Å². The van der Waals surface area contributed by atoms with Crippen LogP contribution in [0.4, 0.5) is 24.7 Å². The zero-order valence-electron chi connectivity index (χ0n) is 17.7. The molecule has 9 heteroatoms. The molecule has 1 saturated heterocycles. The molecular formula is C23H21F3N4O2. The quantitative estimate of drug-likeness (QED) is 0.648. The van der Waals surface area contributed by atoms with E-state index < -0.39 is 29.3 Å². The van der Waals surface area contributed by atoms with Gasteiger partial charge < -0.3 is 15.0 Å². The number of carbonyl (C=O) groups excluding carboxylic acids is 1. The molecule has 3 aromatic rings. The Hall–Kier alpha value is -3.20. The van der Waals surface area contributed by atoms with Gasteiger partial charge in [-0.15, -0.1) is 5.10 Å². The van der Waals surface area contributed by atoms with Gasteiger partial charge in [0.1, 0.15) is 11.2 Å². The second-order valence-corrected chi connectivity index (χ2v) is 8.41. The van der Waals surface area contributed by atoms with Gasteiger partial charge >= 0.3 is 0 Å². The van der Waals surface area contributed by atoms with Crippen molar-refractivity contribution in [3.05, 3.63) is 58.5 Å². The van der Waals surface area contributed by atoms with E-state index in [4.69, 9.17) is 4.74 Å². The molecule has 6 nitrogen and oxygen atoms in total. The van der Waals surface area contributed by atoms with Gasteiger partial charge in [-0.2, -0.15) is 5.10 Å². The van der Waals surface area contributed by atoms with Crippen molar-refractivity contribution >= 4 is 28.2 Å². The summed E-state index contributed by atoms with van der Waals surface area (Å²) in [5, 5.41) is 13.1. The third-order valence-corrected chi connectivity index (χ3v) is 6.48. The molecule has 0 aliphatic carbocycles. The lowest BCUT2D eigenvalue weighted by Crippen LogP contribution is -2.53. The maximum Gasteiger partial charge on any atom is 0.266 e. The minimum atomic E-state index is -2.90. The maximum atomic E-state index is 14.6. The zero-order chi connectivity index (χ0) is 22.8. The first-order valence-electron chi connectivity index (χ1n) is 10.2. The Morgan fingerprint density at radius 2 is 1.88 bits per heavy atom. The molecule has 2 aliphatic rings. The van der Waals surface area contributed by atoms with Crippen LogP contribution >= 0.6 is 0 Å². The van der Waals surface area contributed by atoms with Gasteiger partial charge in [0, 0.05) is 29.1 Å². The molecule has 1 spiro atoms. The highest BCUT2D eigenvalue weighted by molar-refractivity contribution is 6.12. The van der Waals surface area contributed by atoms with E-state index in [9.17, 15) is 18.0 Å². The largest absolute Gasteiger partial charge is 0.378 e. The number of alkyl halides is 2. The summed E-state index contributed by atoms with van der Waals surface area (Å²) in [5.74, 6) is -0.569. The molecule has 2 aliphatic heterocycles. The van der Waals surface area contributed by atoms with Crippen molar-refractivity contribution in [2.75, 3.05) is 30.5 Å². The van der Waals surface area contributed by atoms with Gasteiger partial charge in [0.05, 0.1) is 30.5 Å². The van der Waals surface area contributed by atoms with Crippen molar-refractivity contribution in [3.63, 3.8) is 0 Å². The number of halogens is 3.